The highest BCUT2D eigenvalue weighted by Gasteiger charge is 2.62. The van der Waals surface area contributed by atoms with Crippen molar-refractivity contribution in [2.24, 2.45) is 0 Å². The van der Waals surface area contributed by atoms with Crippen LogP contribution in [-0.2, 0) is 9.36 Å². The van der Waals surface area contributed by atoms with Crippen LogP contribution < -0.4 is 4.74 Å². The Morgan fingerprint density at radius 2 is 1.94 bits per heavy atom. The van der Waals surface area contributed by atoms with Crippen molar-refractivity contribution in [3.63, 3.8) is 0 Å². The highest BCUT2D eigenvalue weighted by atomic mass is 31.1. The molecule has 31 heavy (non-hydrogen) atoms. The number of aliphatic hydroxyl groups is 1. The van der Waals surface area contributed by atoms with Crippen molar-refractivity contribution in [1.82, 2.24) is 4.98 Å². The molecule has 3 atom stereocenters. The van der Waals surface area contributed by atoms with E-state index in [0.717, 1.165) is 25.5 Å². The number of terminal acetylenes is 1. The first kappa shape index (κ1) is 23.0. The van der Waals surface area contributed by atoms with Crippen molar-refractivity contribution in [2.75, 3.05) is 0 Å². The zero-order valence-corrected chi connectivity index (χ0v) is 18.4. The number of carbonyl (C=O) groups is 1. The lowest BCUT2D eigenvalue weighted by molar-refractivity contribution is -0.138. The largest absolute Gasteiger partial charge is 0.540 e. The molecule has 1 aliphatic carbocycles. The van der Waals surface area contributed by atoms with Crippen LogP contribution in [0.5, 0.6) is 5.75 Å². The fraction of sp³-hybridized carbons (Fsp3) is 0.391. The Labute approximate surface area is 181 Å². The Balaban J connectivity index is 2.20. The fourth-order valence-corrected chi connectivity index (χ4v) is 3.95. The van der Waals surface area contributed by atoms with Gasteiger partial charge in [-0.15, -0.1) is 6.42 Å². The molecule has 0 radical (unpaired) electrons. The van der Waals surface area contributed by atoms with Crippen molar-refractivity contribution in [3.8, 4) is 29.2 Å². The Kier molecular flexibility index (Phi) is 6.56. The monoisotopic (exact) mass is 444 g/mol. The molecule has 3 rings (SSSR count). The Morgan fingerprint density at radius 3 is 2.39 bits per heavy atom. The molecule has 0 spiro atoms. The van der Waals surface area contributed by atoms with Gasteiger partial charge in [0, 0.05) is 17.2 Å². The van der Waals surface area contributed by atoms with E-state index >= 15 is 0 Å². The maximum Gasteiger partial charge on any atom is 0.540 e. The molecule has 0 bridgehead atoms. The van der Waals surface area contributed by atoms with Gasteiger partial charge in [0.1, 0.15) is 11.9 Å². The van der Waals surface area contributed by atoms with Gasteiger partial charge in [-0.3, -0.25) is 4.98 Å². The summed E-state index contributed by atoms with van der Waals surface area (Å²) in [6.07, 6.45) is 5.76. The minimum atomic E-state index is -3.30. The lowest BCUT2D eigenvalue weighted by Gasteiger charge is -2.22. The number of nitrogens with zero attached hydrogens (tertiary/aromatic N) is 1. The zero-order chi connectivity index (χ0) is 22.9. The molecule has 0 amide bonds. The van der Waals surface area contributed by atoms with Gasteiger partial charge in [0.15, 0.2) is 5.75 Å². The number of halogens is 1. The number of pyridine rings is 1. The van der Waals surface area contributed by atoms with Crippen LogP contribution in [0.3, 0.4) is 0 Å². The third-order valence-corrected chi connectivity index (χ3v) is 6.64. The van der Waals surface area contributed by atoms with Gasteiger partial charge in [-0.05, 0) is 59.9 Å². The molecule has 0 saturated heterocycles. The highest BCUT2D eigenvalue weighted by molar-refractivity contribution is 7.42. The van der Waals surface area contributed by atoms with Crippen molar-refractivity contribution in [1.29, 1.82) is 0 Å². The summed E-state index contributed by atoms with van der Waals surface area (Å²) in [5.41, 5.74) is 2.40. The second-order valence-electron chi connectivity index (χ2n) is 7.99. The molecule has 1 saturated carbocycles. The van der Waals surface area contributed by atoms with E-state index in [9.17, 15) is 23.7 Å². The summed E-state index contributed by atoms with van der Waals surface area (Å²) in [7, 11) is -3.30. The highest BCUT2D eigenvalue weighted by Crippen LogP contribution is 2.46. The number of rotatable bonds is 7. The fourth-order valence-electron chi connectivity index (χ4n) is 3.32. The van der Waals surface area contributed by atoms with Crippen LogP contribution in [0, 0.1) is 18.2 Å². The number of ether oxygens (including phenoxy) is 1. The molecule has 0 aliphatic heterocycles. The standard InChI is InChI=1S/C23H23FNO5P/c1-5-23(14(4)26,31(28)29)22(27)30-21-18(15-8-10-17(24)11-9-15)12-19(16-6-7-16)25-20(21)13(2)3/h1,8-14,16,26H,6-7H2,2-4H3/p+1. The topological polar surface area (TPSA) is 96.7 Å². The smallest absolute Gasteiger partial charge is 0.419 e. The molecule has 3 unspecified atom stereocenters. The molecule has 8 heteroatoms. The number of hydrogen-bond donors (Lipinski definition) is 2. The van der Waals surface area contributed by atoms with Crippen molar-refractivity contribution in [3.05, 3.63) is 47.5 Å². The zero-order valence-electron chi connectivity index (χ0n) is 17.5. The molecular weight excluding hydrogens is 420 g/mol. The van der Waals surface area contributed by atoms with E-state index in [4.69, 9.17) is 11.2 Å². The second kappa shape index (κ2) is 8.84. The molecular formula is C23H24FNO5P+. The van der Waals surface area contributed by atoms with Gasteiger partial charge in [0.25, 0.3) is 0 Å². The molecule has 2 N–H and O–H groups in total. The van der Waals surface area contributed by atoms with Crippen LogP contribution in [0.25, 0.3) is 11.1 Å². The van der Waals surface area contributed by atoms with Gasteiger partial charge in [0.2, 0.25) is 0 Å². The van der Waals surface area contributed by atoms with E-state index in [1.165, 1.54) is 12.1 Å². The van der Waals surface area contributed by atoms with E-state index < -0.39 is 31.1 Å². The average molecular weight is 444 g/mol. The summed E-state index contributed by atoms with van der Waals surface area (Å²) < 4.78 is 31.1. The summed E-state index contributed by atoms with van der Waals surface area (Å²) in [6.45, 7) is 4.91. The summed E-state index contributed by atoms with van der Waals surface area (Å²) in [5, 5.41) is 7.63. The molecule has 1 heterocycles. The average Bonchev–Trinajstić information content (AvgIpc) is 3.54. The van der Waals surface area contributed by atoms with Gasteiger partial charge >= 0.3 is 19.2 Å². The first-order valence-electron chi connectivity index (χ1n) is 9.96. The Hall–Kier alpha value is -2.65. The van der Waals surface area contributed by atoms with Crippen molar-refractivity contribution >= 4 is 14.0 Å². The van der Waals surface area contributed by atoms with Crippen molar-refractivity contribution in [2.45, 2.75) is 56.7 Å². The number of benzene rings is 1. The number of hydrogen-bond acceptors (Lipinski definition) is 5. The van der Waals surface area contributed by atoms with Gasteiger partial charge in [-0.2, -0.15) is 4.89 Å². The molecule has 6 nitrogen and oxygen atoms in total. The van der Waals surface area contributed by atoms with Crippen LogP contribution in [0.15, 0.2) is 30.3 Å². The third-order valence-electron chi connectivity index (χ3n) is 5.35. The molecule has 1 aliphatic rings. The summed E-state index contributed by atoms with van der Waals surface area (Å²) in [6, 6.07) is 7.48. The number of carbonyl (C=O) groups excluding carboxylic acids is 1. The minimum absolute atomic E-state index is 0.0770. The Morgan fingerprint density at radius 1 is 1.32 bits per heavy atom. The second-order valence-corrected chi connectivity index (χ2v) is 9.25. The number of aliphatic hydroxyl groups excluding tert-OH is 1. The quantitative estimate of drug-likeness (QED) is 0.376. The SMILES string of the molecule is C#CC(C(=O)Oc1c(-c2ccc(F)cc2)cc(C2CC2)nc1C(C)C)(C(C)O)[P+](=O)O. The van der Waals surface area contributed by atoms with E-state index in [1.807, 2.05) is 19.8 Å². The van der Waals surface area contributed by atoms with Gasteiger partial charge < -0.3 is 9.84 Å². The lowest BCUT2D eigenvalue weighted by atomic mass is 9.97. The van der Waals surface area contributed by atoms with Gasteiger partial charge in [-0.1, -0.05) is 26.0 Å². The Bertz CT molecular complexity index is 1060. The molecule has 162 valence electrons. The first-order valence-corrected chi connectivity index (χ1v) is 11.2. The maximum atomic E-state index is 13.5. The van der Waals surface area contributed by atoms with E-state index in [0.29, 0.717) is 22.7 Å². The van der Waals surface area contributed by atoms with Crippen LogP contribution in [0.2, 0.25) is 0 Å². The first-order chi connectivity index (χ1) is 14.6. The summed E-state index contributed by atoms with van der Waals surface area (Å²) in [5.74, 6) is 0.544. The molecule has 1 aromatic heterocycles. The summed E-state index contributed by atoms with van der Waals surface area (Å²) >= 11 is 0. The minimum Gasteiger partial charge on any atom is -0.419 e. The van der Waals surface area contributed by atoms with E-state index in [1.54, 1.807) is 18.2 Å². The van der Waals surface area contributed by atoms with Crippen LogP contribution in [0.1, 0.15) is 56.8 Å². The van der Waals surface area contributed by atoms with Gasteiger partial charge in [0.05, 0.1) is 5.69 Å². The predicted molar refractivity (Wildman–Crippen MR) is 114 cm³/mol. The molecule has 1 aromatic carbocycles. The maximum absolute atomic E-state index is 13.5. The van der Waals surface area contributed by atoms with Crippen LogP contribution in [-0.4, -0.2) is 32.2 Å². The van der Waals surface area contributed by atoms with E-state index in [2.05, 4.69) is 4.98 Å². The summed E-state index contributed by atoms with van der Waals surface area (Å²) in [4.78, 5) is 27.5. The molecule has 1 fully saturated rings. The molecule has 2 aromatic rings. The predicted octanol–water partition coefficient (Wildman–Crippen LogP) is 4.28. The number of esters is 1. The van der Waals surface area contributed by atoms with Crippen LogP contribution >= 0.6 is 8.03 Å². The number of aromatic nitrogens is 1. The van der Waals surface area contributed by atoms with E-state index in [-0.39, 0.29) is 11.7 Å². The van der Waals surface area contributed by atoms with Gasteiger partial charge in [-0.25, -0.2) is 9.18 Å². The third kappa shape index (κ3) is 4.38. The lowest BCUT2D eigenvalue weighted by Crippen LogP contribution is -2.46. The van der Waals surface area contributed by atoms with Crippen molar-refractivity contribution < 1.29 is 28.5 Å². The van der Waals surface area contributed by atoms with Crippen LogP contribution in [0.4, 0.5) is 4.39 Å². The normalized spacial score (nSPS) is 16.9.